The maximum Gasteiger partial charge on any atom is 0.282 e. The first kappa shape index (κ1) is 14.8. The number of halogens is 2. The maximum absolute atomic E-state index is 13.1. The van der Waals surface area contributed by atoms with Gasteiger partial charge in [-0.15, -0.1) is 0 Å². The number of carbonyl (C=O) groups is 1. The molecule has 1 fully saturated rings. The Balaban J connectivity index is 1.82. The van der Waals surface area contributed by atoms with Crippen LogP contribution in [0.2, 0.25) is 0 Å². The molecule has 2 aromatic carbocycles. The summed E-state index contributed by atoms with van der Waals surface area (Å²) in [6.45, 7) is 0.907. The number of alkyl halides is 2. The number of nitrogens with one attached hydrogen (secondary N) is 1. The van der Waals surface area contributed by atoms with Crippen molar-refractivity contribution in [2.24, 2.45) is 0 Å². The number of hydrogen-bond acceptors (Lipinski definition) is 2. The summed E-state index contributed by atoms with van der Waals surface area (Å²) in [5.41, 5.74) is 3.30. The minimum Gasteiger partial charge on any atom is -0.326 e. The Kier molecular flexibility index (Phi) is 3.16. The molecule has 1 aliphatic heterocycles. The highest BCUT2D eigenvalue weighted by molar-refractivity contribution is 6.10. The number of amides is 1. The Morgan fingerprint density at radius 1 is 1.12 bits per heavy atom. The predicted octanol–water partition coefficient (Wildman–Crippen LogP) is 3.63. The van der Waals surface area contributed by atoms with Gasteiger partial charge in [-0.2, -0.15) is 5.10 Å². The molecular formula is C18H15F2N3O. The first-order chi connectivity index (χ1) is 11.5. The fraction of sp³-hybridized carbons (Fsp3) is 0.222. The first-order valence-corrected chi connectivity index (χ1v) is 7.65. The van der Waals surface area contributed by atoms with Crippen molar-refractivity contribution in [3.8, 4) is 11.1 Å². The van der Waals surface area contributed by atoms with Gasteiger partial charge < -0.3 is 4.90 Å². The number of H-pyrrole nitrogens is 1. The topological polar surface area (TPSA) is 49.0 Å². The summed E-state index contributed by atoms with van der Waals surface area (Å²) in [5, 5.41) is 8.61. The number of likely N-dealkylation sites (tertiary alicyclic amines) is 1. The number of aryl methyl sites for hydroxylation is 1. The lowest BCUT2D eigenvalue weighted by molar-refractivity contribution is -0.113. The van der Waals surface area contributed by atoms with Gasteiger partial charge in [-0.3, -0.25) is 9.89 Å². The molecule has 0 aliphatic carbocycles. The molecule has 4 nitrogen and oxygen atoms in total. The number of rotatable bonds is 2. The zero-order valence-corrected chi connectivity index (χ0v) is 13.0. The Hall–Kier alpha value is -2.76. The molecule has 4 rings (SSSR count). The summed E-state index contributed by atoms with van der Waals surface area (Å²) < 4.78 is 26.1. The number of hydrogen-bond donors (Lipinski definition) is 1. The fourth-order valence-electron chi connectivity index (χ4n) is 3.18. The summed E-state index contributed by atoms with van der Waals surface area (Å²) in [4.78, 5) is 13.8. The zero-order chi connectivity index (χ0) is 16.9. The second-order valence-corrected chi connectivity index (χ2v) is 6.13. The highest BCUT2D eigenvalue weighted by Gasteiger charge is 2.46. The van der Waals surface area contributed by atoms with Crippen LogP contribution in [0.4, 0.5) is 8.78 Å². The van der Waals surface area contributed by atoms with Crippen LogP contribution < -0.4 is 0 Å². The first-order valence-electron chi connectivity index (χ1n) is 7.65. The maximum atomic E-state index is 13.1. The summed E-state index contributed by atoms with van der Waals surface area (Å²) in [7, 11) is 0. The van der Waals surface area contributed by atoms with E-state index in [1.807, 2.05) is 31.2 Å². The molecule has 122 valence electrons. The van der Waals surface area contributed by atoms with Gasteiger partial charge in [0.15, 0.2) is 0 Å². The lowest BCUT2D eigenvalue weighted by Gasteiger charge is -2.38. The third-order valence-corrected chi connectivity index (χ3v) is 4.40. The van der Waals surface area contributed by atoms with Crippen LogP contribution in [0.3, 0.4) is 0 Å². The number of fused-ring (bicyclic) bond motifs is 1. The van der Waals surface area contributed by atoms with Gasteiger partial charge in [0.2, 0.25) is 0 Å². The molecule has 24 heavy (non-hydrogen) atoms. The van der Waals surface area contributed by atoms with Crippen LogP contribution in [-0.4, -0.2) is 40.0 Å². The minimum absolute atomic E-state index is 0.354. The molecule has 0 unspecified atom stereocenters. The summed E-state index contributed by atoms with van der Waals surface area (Å²) >= 11 is 0. The van der Waals surface area contributed by atoms with Gasteiger partial charge in [-0.1, -0.05) is 30.3 Å². The van der Waals surface area contributed by atoms with E-state index in [0.29, 0.717) is 5.56 Å². The minimum atomic E-state index is -2.76. The molecule has 3 aromatic rings. The fourth-order valence-corrected chi connectivity index (χ4v) is 3.18. The van der Waals surface area contributed by atoms with Crippen LogP contribution in [0.5, 0.6) is 0 Å². The van der Waals surface area contributed by atoms with Gasteiger partial charge in [0.25, 0.3) is 11.8 Å². The summed E-state index contributed by atoms with van der Waals surface area (Å²) in [5.74, 6) is -3.12. The molecule has 6 heteroatoms. The summed E-state index contributed by atoms with van der Waals surface area (Å²) in [6.07, 6.45) is 1.74. The standard InChI is InChI=1S/C18H15F2N3O/c1-11-16(8-21-22-11)14-6-2-5-13-12(14)4-3-7-15(13)17(24)23-9-18(19,20)10-23/h2-8H,9-10H2,1H3,(H,21,22). The molecule has 0 saturated carbocycles. The number of carbonyl (C=O) groups excluding carboxylic acids is 1. The third-order valence-electron chi connectivity index (χ3n) is 4.40. The second kappa shape index (κ2) is 5.12. The molecule has 1 N–H and O–H groups in total. The van der Waals surface area contributed by atoms with Crippen LogP contribution in [-0.2, 0) is 0 Å². The van der Waals surface area contributed by atoms with Crippen molar-refractivity contribution >= 4 is 16.7 Å². The Morgan fingerprint density at radius 2 is 1.83 bits per heavy atom. The SMILES string of the molecule is Cc1[nH]ncc1-c1cccc2c(C(=O)N3CC(F)(F)C3)cccc12. The van der Waals surface area contributed by atoms with E-state index in [4.69, 9.17) is 0 Å². The van der Waals surface area contributed by atoms with Gasteiger partial charge in [-0.05, 0) is 29.3 Å². The van der Waals surface area contributed by atoms with Gasteiger partial charge >= 0.3 is 0 Å². The molecule has 2 heterocycles. The van der Waals surface area contributed by atoms with Gasteiger partial charge in [0.05, 0.1) is 19.3 Å². The monoisotopic (exact) mass is 327 g/mol. The molecular weight excluding hydrogens is 312 g/mol. The van der Waals surface area contributed by atoms with E-state index < -0.39 is 19.0 Å². The summed E-state index contributed by atoms with van der Waals surface area (Å²) in [6, 6.07) is 11.1. The largest absolute Gasteiger partial charge is 0.326 e. The van der Waals surface area contributed by atoms with E-state index in [0.717, 1.165) is 27.6 Å². The van der Waals surface area contributed by atoms with E-state index in [1.165, 1.54) is 4.90 Å². The molecule has 0 spiro atoms. The van der Waals surface area contributed by atoms with Crippen molar-refractivity contribution in [3.05, 3.63) is 53.9 Å². The van der Waals surface area contributed by atoms with E-state index in [9.17, 15) is 13.6 Å². The smallest absolute Gasteiger partial charge is 0.282 e. The molecule has 1 aliphatic rings. The van der Waals surface area contributed by atoms with E-state index in [2.05, 4.69) is 10.2 Å². The van der Waals surface area contributed by atoms with Crippen molar-refractivity contribution < 1.29 is 13.6 Å². The third kappa shape index (κ3) is 2.26. The quantitative estimate of drug-likeness (QED) is 0.781. The number of benzene rings is 2. The van der Waals surface area contributed by atoms with E-state index in [-0.39, 0.29) is 5.91 Å². The van der Waals surface area contributed by atoms with Crippen molar-refractivity contribution in [1.82, 2.24) is 15.1 Å². The normalized spacial score (nSPS) is 16.2. The number of aromatic amines is 1. The van der Waals surface area contributed by atoms with E-state index in [1.54, 1.807) is 18.3 Å². The molecule has 1 amide bonds. The van der Waals surface area contributed by atoms with Crippen LogP contribution in [0.1, 0.15) is 16.1 Å². The van der Waals surface area contributed by atoms with Gasteiger partial charge in [-0.25, -0.2) is 8.78 Å². The highest BCUT2D eigenvalue weighted by atomic mass is 19.3. The number of aromatic nitrogens is 2. The molecule has 0 radical (unpaired) electrons. The van der Waals surface area contributed by atoms with E-state index >= 15 is 0 Å². The zero-order valence-electron chi connectivity index (χ0n) is 13.0. The van der Waals surface area contributed by atoms with Crippen LogP contribution >= 0.6 is 0 Å². The van der Waals surface area contributed by atoms with Crippen molar-refractivity contribution in [1.29, 1.82) is 0 Å². The van der Waals surface area contributed by atoms with Crippen molar-refractivity contribution in [2.75, 3.05) is 13.1 Å². The van der Waals surface area contributed by atoms with Crippen molar-refractivity contribution in [3.63, 3.8) is 0 Å². The average molecular weight is 327 g/mol. The average Bonchev–Trinajstić information content (AvgIpc) is 2.96. The van der Waals surface area contributed by atoms with Gasteiger partial charge in [0.1, 0.15) is 0 Å². The Bertz CT molecular complexity index is 940. The Morgan fingerprint density at radius 3 is 2.50 bits per heavy atom. The van der Waals surface area contributed by atoms with Crippen LogP contribution in [0.15, 0.2) is 42.6 Å². The molecule has 0 bridgehead atoms. The molecule has 0 atom stereocenters. The predicted molar refractivity (Wildman–Crippen MR) is 87.1 cm³/mol. The van der Waals surface area contributed by atoms with Crippen LogP contribution in [0.25, 0.3) is 21.9 Å². The Labute approximate surface area is 137 Å². The lowest BCUT2D eigenvalue weighted by Crippen LogP contribution is -2.58. The molecule has 1 saturated heterocycles. The van der Waals surface area contributed by atoms with Crippen LogP contribution in [0, 0.1) is 6.92 Å². The molecule has 1 aromatic heterocycles. The second-order valence-electron chi connectivity index (χ2n) is 6.13. The lowest BCUT2D eigenvalue weighted by atomic mass is 9.95. The number of nitrogens with zero attached hydrogens (tertiary/aromatic N) is 2. The highest BCUT2D eigenvalue weighted by Crippen LogP contribution is 2.34. The van der Waals surface area contributed by atoms with Crippen molar-refractivity contribution in [2.45, 2.75) is 12.8 Å². The van der Waals surface area contributed by atoms with Gasteiger partial charge in [0, 0.05) is 16.8 Å².